The zero-order chi connectivity index (χ0) is 12.1. The van der Waals surface area contributed by atoms with E-state index in [1.807, 2.05) is 26.0 Å². The number of benzene rings is 1. The lowest BCUT2D eigenvalue weighted by atomic mass is 10.1. The van der Waals surface area contributed by atoms with Gasteiger partial charge in [-0.25, -0.2) is 0 Å². The molecular formula is C12H11N3O. The minimum atomic E-state index is -1.15. The van der Waals surface area contributed by atoms with E-state index in [4.69, 9.17) is 20.7 Å². The number of nitriles is 2. The molecule has 1 aromatic rings. The minimum absolute atomic E-state index is 0.336. The lowest BCUT2D eigenvalue weighted by Crippen LogP contribution is -2.17. The summed E-state index contributed by atoms with van der Waals surface area (Å²) in [6.45, 7) is 3.80. The van der Waals surface area contributed by atoms with E-state index in [1.54, 1.807) is 18.2 Å². The average molecular weight is 213 g/mol. The molecule has 0 aliphatic heterocycles. The van der Waals surface area contributed by atoms with E-state index in [0.29, 0.717) is 5.75 Å². The number of aryl methyl sites for hydroxylation is 2. The van der Waals surface area contributed by atoms with Gasteiger partial charge in [0.15, 0.2) is 0 Å². The first kappa shape index (κ1) is 11.7. The van der Waals surface area contributed by atoms with E-state index >= 15 is 0 Å². The Hall–Kier alpha value is -2.33. The summed E-state index contributed by atoms with van der Waals surface area (Å²) in [6, 6.07) is 8.87. The molecule has 0 heterocycles. The predicted octanol–water partition coefficient (Wildman–Crippen LogP) is 2.32. The molecule has 0 aliphatic carbocycles. The fourth-order valence-electron chi connectivity index (χ4n) is 1.24. The normalized spacial score (nSPS) is 9.31. The quantitative estimate of drug-likeness (QED) is 0.604. The van der Waals surface area contributed by atoms with Crippen LogP contribution in [0.2, 0.25) is 0 Å². The Morgan fingerprint density at radius 3 is 2.44 bits per heavy atom. The molecule has 16 heavy (non-hydrogen) atoms. The molecule has 1 rings (SSSR count). The topological polar surface area (TPSA) is 80.7 Å². The molecule has 0 atom stereocenters. The van der Waals surface area contributed by atoms with Crippen molar-refractivity contribution in [3.8, 4) is 17.9 Å². The van der Waals surface area contributed by atoms with Crippen molar-refractivity contribution in [1.29, 1.82) is 15.9 Å². The van der Waals surface area contributed by atoms with Gasteiger partial charge in [0.25, 0.3) is 0 Å². The lowest BCUT2D eigenvalue weighted by molar-refractivity contribution is 0.518. The lowest BCUT2D eigenvalue weighted by Gasteiger charge is -2.09. The Kier molecular flexibility index (Phi) is 3.63. The fourth-order valence-corrected chi connectivity index (χ4v) is 1.24. The highest BCUT2D eigenvalue weighted by atomic mass is 16.5. The van der Waals surface area contributed by atoms with E-state index in [1.165, 1.54) is 0 Å². The van der Waals surface area contributed by atoms with Gasteiger partial charge in [0, 0.05) is 0 Å². The Balaban J connectivity index is 2.87. The summed E-state index contributed by atoms with van der Waals surface area (Å²) in [5.74, 6) is -0.983. The molecule has 0 spiro atoms. The molecule has 80 valence electrons. The van der Waals surface area contributed by atoms with E-state index in [0.717, 1.165) is 11.1 Å². The van der Waals surface area contributed by atoms with Gasteiger partial charge < -0.3 is 4.74 Å². The molecule has 0 saturated carbocycles. The molecule has 0 aliphatic rings. The van der Waals surface area contributed by atoms with E-state index in [2.05, 4.69) is 0 Å². The van der Waals surface area contributed by atoms with Crippen LogP contribution in [-0.2, 0) is 0 Å². The van der Waals surface area contributed by atoms with Crippen LogP contribution in [0.25, 0.3) is 0 Å². The SMILES string of the molecule is Cc1ccc(OC(=N)C(C#N)C#N)c(C)c1. The number of ether oxygens (including phenoxy) is 1. The van der Waals surface area contributed by atoms with Gasteiger partial charge in [-0.3, -0.25) is 5.41 Å². The largest absolute Gasteiger partial charge is 0.441 e. The number of nitrogens with one attached hydrogen (secondary N) is 1. The van der Waals surface area contributed by atoms with Crippen molar-refractivity contribution in [2.75, 3.05) is 0 Å². The molecule has 4 nitrogen and oxygen atoms in total. The molecular weight excluding hydrogens is 202 g/mol. The monoisotopic (exact) mass is 213 g/mol. The van der Waals surface area contributed by atoms with Gasteiger partial charge in [0.1, 0.15) is 5.75 Å². The van der Waals surface area contributed by atoms with Crippen LogP contribution in [0.5, 0.6) is 5.75 Å². The van der Waals surface area contributed by atoms with Crippen LogP contribution in [0.3, 0.4) is 0 Å². The van der Waals surface area contributed by atoms with Crippen molar-refractivity contribution in [3.05, 3.63) is 29.3 Å². The maximum atomic E-state index is 8.59. The highest BCUT2D eigenvalue weighted by Gasteiger charge is 2.15. The van der Waals surface area contributed by atoms with Crippen molar-refractivity contribution >= 4 is 5.90 Å². The zero-order valence-corrected chi connectivity index (χ0v) is 9.11. The average Bonchev–Trinajstić information content (AvgIpc) is 2.24. The third-order valence-electron chi connectivity index (χ3n) is 2.07. The van der Waals surface area contributed by atoms with Crippen molar-refractivity contribution in [2.24, 2.45) is 5.92 Å². The molecule has 4 heteroatoms. The Labute approximate surface area is 94.2 Å². The Bertz CT molecular complexity index is 480. The third-order valence-corrected chi connectivity index (χ3v) is 2.07. The summed E-state index contributed by atoms with van der Waals surface area (Å²) in [7, 11) is 0. The summed E-state index contributed by atoms with van der Waals surface area (Å²) in [6.07, 6.45) is 0. The minimum Gasteiger partial charge on any atom is -0.441 e. The van der Waals surface area contributed by atoms with Crippen LogP contribution in [0.1, 0.15) is 11.1 Å². The van der Waals surface area contributed by atoms with E-state index < -0.39 is 5.92 Å². The second-order valence-corrected chi connectivity index (χ2v) is 3.43. The van der Waals surface area contributed by atoms with Crippen LogP contribution in [0, 0.1) is 47.8 Å². The molecule has 0 bridgehead atoms. The first-order chi connectivity index (χ1) is 7.58. The maximum absolute atomic E-state index is 8.59. The molecule has 0 unspecified atom stereocenters. The van der Waals surface area contributed by atoms with Crippen LogP contribution in [-0.4, -0.2) is 5.90 Å². The highest BCUT2D eigenvalue weighted by molar-refractivity contribution is 5.83. The fraction of sp³-hybridized carbons (Fsp3) is 0.250. The van der Waals surface area contributed by atoms with Crippen molar-refractivity contribution in [3.63, 3.8) is 0 Å². The molecule has 1 N–H and O–H groups in total. The van der Waals surface area contributed by atoms with Crippen molar-refractivity contribution < 1.29 is 4.74 Å². The van der Waals surface area contributed by atoms with Gasteiger partial charge in [-0.2, -0.15) is 10.5 Å². The van der Waals surface area contributed by atoms with Gasteiger partial charge in [-0.05, 0) is 25.5 Å². The van der Waals surface area contributed by atoms with Gasteiger partial charge in [-0.15, -0.1) is 0 Å². The van der Waals surface area contributed by atoms with Gasteiger partial charge in [0.2, 0.25) is 11.8 Å². The number of hydrogen-bond donors (Lipinski definition) is 1. The molecule has 0 fully saturated rings. The second kappa shape index (κ2) is 4.95. The summed E-state index contributed by atoms with van der Waals surface area (Å²) in [5.41, 5.74) is 1.97. The standard InChI is InChI=1S/C12H11N3O/c1-8-3-4-11(9(2)5-8)16-12(15)10(6-13)7-14/h3-5,10,15H,1-2H3. The van der Waals surface area contributed by atoms with E-state index in [9.17, 15) is 0 Å². The molecule has 0 aromatic heterocycles. The van der Waals surface area contributed by atoms with Gasteiger partial charge in [0.05, 0.1) is 12.1 Å². The van der Waals surface area contributed by atoms with Crippen LogP contribution >= 0.6 is 0 Å². The van der Waals surface area contributed by atoms with Crippen molar-refractivity contribution in [2.45, 2.75) is 13.8 Å². The molecule has 0 radical (unpaired) electrons. The number of nitrogens with zero attached hydrogens (tertiary/aromatic N) is 2. The van der Waals surface area contributed by atoms with Crippen LogP contribution < -0.4 is 4.74 Å². The number of rotatable bonds is 2. The highest BCUT2D eigenvalue weighted by Crippen LogP contribution is 2.19. The summed E-state index contributed by atoms with van der Waals surface area (Å²) < 4.78 is 5.18. The Morgan fingerprint density at radius 1 is 1.31 bits per heavy atom. The Morgan fingerprint density at radius 2 is 1.94 bits per heavy atom. The van der Waals surface area contributed by atoms with Crippen molar-refractivity contribution in [1.82, 2.24) is 0 Å². The number of hydrogen-bond acceptors (Lipinski definition) is 4. The summed E-state index contributed by atoms with van der Waals surface area (Å²) >= 11 is 0. The molecule has 1 aromatic carbocycles. The zero-order valence-electron chi connectivity index (χ0n) is 9.11. The third kappa shape index (κ3) is 2.59. The van der Waals surface area contributed by atoms with Gasteiger partial charge in [-0.1, -0.05) is 17.7 Å². The van der Waals surface area contributed by atoms with E-state index in [-0.39, 0.29) is 5.90 Å². The molecule has 0 amide bonds. The predicted molar refractivity (Wildman–Crippen MR) is 59.0 cm³/mol. The summed E-state index contributed by atoms with van der Waals surface area (Å²) in [5, 5.41) is 24.7. The van der Waals surface area contributed by atoms with Gasteiger partial charge >= 0.3 is 0 Å². The summed E-state index contributed by atoms with van der Waals surface area (Å²) in [4.78, 5) is 0. The first-order valence-corrected chi connectivity index (χ1v) is 4.71. The first-order valence-electron chi connectivity index (χ1n) is 4.71. The second-order valence-electron chi connectivity index (χ2n) is 3.43. The maximum Gasteiger partial charge on any atom is 0.219 e. The molecule has 0 saturated heterocycles. The van der Waals surface area contributed by atoms with Crippen LogP contribution in [0.4, 0.5) is 0 Å². The smallest absolute Gasteiger partial charge is 0.219 e. The van der Waals surface area contributed by atoms with Crippen LogP contribution in [0.15, 0.2) is 18.2 Å².